The molecule has 0 aliphatic carbocycles. The minimum atomic E-state index is -0.0132. The maximum atomic E-state index is 12.1. The second-order valence-corrected chi connectivity index (χ2v) is 14.1. The molecule has 2 saturated heterocycles. The lowest BCUT2D eigenvalue weighted by atomic mass is 9.91. The second-order valence-electron chi connectivity index (χ2n) is 14.1. The first kappa shape index (κ1) is 34.1. The van der Waals surface area contributed by atoms with Crippen molar-refractivity contribution in [3.05, 3.63) is 84.5 Å². The molecule has 4 aliphatic rings. The number of carbonyl (C=O) groups excluding carboxylic acids is 1. The van der Waals surface area contributed by atoms with Crippen LogP contribution < -0.4 is 16.0 Å². The van der Waals surface area contributed by atoms with Crippen LogP contribution in [0, 0.1) is 0 Å². The summed E-state index contributed by atoms with van der Waals surface area (Å²) in [5.41, 5.74) is 7.90. The van der Waals surface area contributed by atoms with Gasteiger partial charge in [-0.05, 0) is 67.5 Å². The fourth-order valence-electron chi connectivity index (χ4n) is 7.82. The van der Waals surface area contributed by atoms with Gasteiger partial charge in [0.05, 0.1) is 62.3 Å². The molecule has 17 nitrogen and oxygen atoms in total. The third kappa shape index (κ3) is 7.04. The molecule has 10 heterocycles. The molecule has 0 saturated carbocycles. The van der Waals surface area contributed by atoms with Gasteiger partial charge in [-0.15, -0.1) is 0 Å². The predicted molar refractivity (Wildman–Crippen MR) is 200 cm³/mol. The molecule has 0 spiro atoms. The van der Waals surface area contributed by atoms with Crippen LogP contribution >= 0.6 is 0 Å². The first-order chi connectivity index (χ1) is 26.6. The van der Waals surface area contributed by atoms with Crippen LogP contribution in [0.25, 0.3) is 11.3 Å². The molecule has 10 rings (SSSR count). The van der Waals surface area contributed by atoms with E-state index in [0.717, 1.165) is 96.8 Å². The van der Waals surface area contributed by atoms with Crippen molar-refractivity contribution in [2.45, 2.75) is 63.8 Å². The Bertz CT molecular complexity index is 2230. The van der Waals surface area contributed by atoms with Gasteiger partial charge in [0, 0.05) is 50.1 Å². The zero-order valence-corrected chi connectivity index (χ0v) is 30.1. The topological polar surface area (TPSA) is 171 Å². The molecule has 4 aliphatic heterocycles. The summed E-state index contributed by atoms with van der Waals surface area (Å²) in [6.45, 7) is 11.3. The van der Waals surface area contributed by atoms with Crippen molar-refractivity contribution >= 4 is 40.2 Å². The summed E-state index contributed by atoms with van der Waals surface area (Å²) in [4.78, 5) is 22.7. The average Bonchev–Trinajstić information content (AvgIpc) is 4.04. The van der Waals surface area contributed by atoms with Crippen molar-refractivity contribution in [1.82, 2.24) is 59.0 Å². The number of carbonyl (C=O) groups is 1. The first-order valence-electron chi connectivity index (χ1n) is 18.7. The number of aromatic nitrogens is 10. The molecule has 3 N–H and O–H groups in total. The maximum Gasteiger partial charge on any atom is 0.245 e. The van der Waals surface area contributed by atoms with E-state index in [0.29, 0.717) is 38.9 Å². The van der Waals surface area contributed by atoms with Gasteiger partial charge in [-0.2, -0.15) is 20.4 Å². The van der Waals surface area contributed by atoms with Crippen molar-refractivity contribution in [2.24, 2.45) is 0 Å². The largest absolute Gasteiger partial charge is 0.373 e. The number of ether oxygens (including phenoxy) is 2. The van der Waals surface area contributed by atoms with E-state index in [1.165, 1.54) is 24.5 Å². The van der Waals surface area contributed by atoms with Crippen LogP contribution in [-0.4, -0.2) is 99.0 Å². The summed E-state index contributed by atoms with van der Waals surface area (Å²) in [7, 11) is 0. The van der Waals surface area contributed by atoms with Gasteiger partial charge in [-0.1, -0.05) is 6.58 Å². The summed E-state index contributed by atoms with van der Waals surface area (Å²) >= 11 is 0. The lowest BCUT2D eigenvalue weighted by Gasteiger charge is -2.32. The van der Waals surface area contributed by atoms with Crippen LogP contribution in [0.15, 0.2) is 62.0 Å². The Balaban J connectivity index is 0.000000144. The van der Waals surface area contributed by atoms with E-state index in [9.17, 15) is 4.79 Å². The van der Waals surface area contributed by atoms with E-state index in [1.807, 2.05) is 37.1 Å². The molecule has 0 unspecified atom stereocenters. The third-order valence-corrected chi connectivity index (χ3v) is 10.6. The van der Waals surface area contributed by atoms with E-state index in [-0.39, 0.29) is 11.8 Å². The Morgan fingerprint density at radius 1 is 0.796 bits per heavy atom. The van der Waals surface area contributed by atoms with Gasteiger partial charge in [0.25, 0.3) is 0 Å². The lowest BCUT2D eigenvalue weighted by molar-refractivity contribution is -0.127. The Hall–Kier alpha value is -5.65. The van der Waals surface area contributed by atoms with Gasteiger partial charge in [0.15, 0.2) is 22.9 Å². The number of hydrogen-bond acceptors (Lipinski definition) is 12. The predicted octanol–water partition coefficient (Wildman–Crippen LogP) is 3.76. The van der Waals surface area contributed by atoms with E-state index < -0.39 is 0 Å². The Morgan fingerprint density at radius 3 is 1.94 bits per heavy atom. The molecule has 6 aromatic heterocycles. The van der Waals surface area contributed by atoms with Gasteiger partial charge in [0.2, 0.25) is 5.91 Å². The fourth-order valence-corrected chi connectivity index (χ4v) is 7.82. The van der Waals surface area contributed by atoms with Crippen LogP contribution in [-0.2, 0) is 40.6 Å². The van der Waals surface area contributed by atoms with Crippen LogP contribution in [0.1, 0.15) is 60.0 Å². The molecule has 2 atom stereocenters. The Morgan fingerprint density at radius 2 is 1.39 bits per heavy atom. The number of amides is 1. The average molecular weight is 733 g/mol. The summed E-state index contributed by atoms with van der Waals surface area (Å²) in [6.07, 6.45) is 13.0. The zero-order chi connectivity index (χ0) is 36.4. The number of pyridine rings is 2. The zero-order valence-electron chi connectivity index (χ0n) is 30.1. The molecule has 54 heavy (non-hydrogen) atoms. The molecule has 6 aromatic rings. The van der Waals surface area contributed by atoms with Crippen molar-refractivity contribution < 1.29 is 14.3 Å². The first-order valence-corrected chi connectivity index (χ1v) is 18.7. The van der Waals surface area contributed by atoms with E-state index >= 15 is 0 Å². The minimum absolute atomic E-state index is 0.0132. The summed E-state index contributed by atoms with van der Waals surface area (Å²) < 4.78 is 18.6. The molecule has 0 aromatic carbocycles. The van der Waals surface area contributed by atoms with Crippen molar-refractivity contribution in [3.8, 4) is 0 Å². The highest BCUT2D eigenvalue weighted by molar-refractivity contribution is 5.87. The minimum Gasteiger partial charge on any atom is -0.373 e. The summed E-state index contributed by atoms with van der Waals surface area (Å²) in [6, 6.07) is 8.34. The normalized spacial score (nSPS) is 19.8. The second kappa shape index (κ2) is 15.0. The van der Waals surface area contributed by atoms with Crippen molar-refractivity contribution in [2.75, 3.05) is 50.0 Å². The molecule has 0 bridgehead atoms. The molecule has 17 heteroatoms. The van der Waals surface area contributed by atoms with Gasteiger partial charge in [-0.25, -0.2) is 19.0 Å². The van der Waals surface area contributed by atoms with E-state index in [2.05, 4.69) is 71.2 Å². The fraction of sp³-hybridized carbons (Fsp3) is 0.432. The quantitative estimate of drug-likeness (QED) is 0.204. The Kier molecular flexibility index (Phi) is 9.48. The SMILES string of the molecule is C=CC(=O)N1CCC[C@H](c2cc(Nc3cc4n(n3)CCOC4)c3ncnn3c2)C1.c1nc2c(Nc3cc4n(n3)CCOC4)cc([C@H]3CCCNC3)cn2n1. The molecular formula is C37H44N14O3. The number of rotatable bonds is 7. The van der Waals surface area contributed by atoms with Crippen LogP contribution in [0.4, 0.5) is 23.0 Å². The number of nitrogens with zero attached hydrogens (tertiary/aromatic N) is 11. The number of fused-ring (bicyclic) bond motifs is 4. The summed E-state index contributed by atoms with van der Waals surface area (Å²) in [5, 5.41) is 28.3. The smallest absolute Gasteiger partial charge is 0.245 e. The van der Waals surface area contributed by atoms with Gasteiger partial charge in [-0.3, -0.25) is 14.2 Å². The van der Waals surface area contributed by atoms with Crippen LogP contribution in [0.2, 0.25) is 0 Å². The standard InChI is InChI=1S/C20H23N7O2.C17H21N7O/c1-2-19(28)25-5-3-4-14(10-25)15-8-17(20-21-13-22-27(20)11-15)23-18-9-16-12-29-7-6-26(16)24-18;1-2-12(8-18-3-1)13-6-15(17-19-11-20-24(17)9-13)21-16-7-14-10-25-5-4-23(14)22-16/h2,8-9,11,13-14H,1,3-7,10,12H2,(H,23,24);6-7,9,11-12,18H,1-5,8,10H2,(H,21,22)/t14-;12-/m00/s1. The number of nitrogens with one attached hydrogen (secondary N) is 3. The third-order valence-electron chi connectivity index (χ3n) is 10.6. The lowest BCUT2D eigenvalue weighted by Crippen LogP contribution is -2.38. The number of hydrogen-bond donors (Lipinski definition) is 3. The highest BCUT2D eigenvalue weighted by atomic mass is 16.5. The monoisotopic (exact) mass is 732 g/mol. The van der Waals surface area contributed by atoms with Crippen molar-refractivity contribution in [3.63, 3.8) is 0 Å². The number of piperidine rings is 2. The van der Waals surface area contributed by atoms with Crippen molar-refractivity contribution in [1.29, 1.82) is 0 Å². The Labute approximate surface area is 311 Å². The van der Waals surface area contributed by atoms with Gasteiger partial charge >= 0.3 is 0 Å². The highest BCUT2D eigenvalue weighted by Gasteiger charge is 2.25. The van der Waals surface area contributed by atoms with Crippen LogP contribution in [0.5, 0.6) is 0 Å². The molecule has 2 fully saturated rings. The molecule has 1 amide bonds. The molecular weight excluding hydrogens is 689 g/mol. The van der Waals surface area contributed by atoms with E-state index in [1.54, 1.807) is 17.2 Å². The number of likely N-dealkylation sites (tertiary alicyclic amines) is 1. The van der Waals surface area contributed by atoms with Crippen LogP contribution in [0.3, 0.4) is 0 Å². The maximum absolute atomic E-state index is 12.1. The highest BCUT2D eigenvalue weighted by Crippen LogP contribution is 2.32. The molecule has 0 radical (unpaired) electrons. The summed E-state index contributed by atoms with van der Waals surface area (Å²) in [5.74, 6) is 2.32. The van der Waals surface area contributed by atoms with Gasteiger partial charge in [0.1, 0.15) is 12.7 Å². The van der Waals surface area contributed by atoms with Gasteiger partial charge < -0.3 is 30.3 Å². The number of anilines is 4. The van der Waals surface area contributed by atoms with E-state index in [4.69, 9.17) is 9.47 Å². The molecule has 280 valence electrons.